The zero-order valence-corrected chi connectivity index (χ0v) is 11.7. The maximum Gasteiger partial charge on any atom is 0.335 e. The number of nitrogens with zero attached hydrogens (tertiary/aromatic N) is 2. The Labute approximate surface area is 122 Å². The van der Waals surface area contributed by atoms with Crippen LogP contribution in [0.2, 0.25) is 0 Å². The summed E-state index contributed by atoms with van der Waals surface area (Å²) in [6, 6.07) is 6.26. The van der Waals surface area contributed by atoms with Crippen LogP contribution in [0.5, 0.6) is 0 Å². The molecule has 0 bridgehead atoms. The average Bonchev–Trinajstić information content (AvgIpc) is 3.03. The van der Waals surface area contributed by atoms with Gasteiger partial charge in [-0.05, 0) is 31.2 Å². The summed E-state index contributed by atoms with van der Waals surface area (Å²) in [5, 5.41) is 18.6. The summed E-state index contributed by atoms with van der Waals surface area (Å²) in [7, 11) is 0. The summed E-state index contributed by atoms with van der Waals surface area (Å²) in [6.07, 6.45) is 0. The SMILES string of the molecule is Cc1cc(C(=O)Nc2nc3ccc(C(=O)O)cc3s2)n[nH]1. The first kappa shape index (κ1) is 13.3. The number of thiazole rings is 1. The molecule has 3 rings (SSSR count). The Bertz CT molecular complexity index is 852. The molecule has 1 amide bonds. The Morgan fingerprint density at radius 2 is 2.14 bits per heavy atom. The van der Waals surface area contributed by atoms with Gasteiger partial charge in [0, 0.05) is 5.69 Å². The molecule has 0 fully saturated rings. The monoisotopic (exact) mass is 302 g/mol. The first-order valence-electron chi connectivity index (χ1n) is 6.00. The molecule has 0 saturated carbocycles. The number of rotatable bonds is 3. The number of aromatic carboxylic acids is 1. The number of anilines is 1. The number of carboxylic acids is 1. The Morgan fingerprint density at radius 1 is 1.33 bits per heavy atom. The molecule has 1 aromatic carbocycles. The summed E-state index contributed by atoms with van der Waals surface area (Å²) < 4.78 is 0.698. The van der Waals surface area contributed by atoms with Gasteiger partial charge in [0.15, 0.2) is 10.8 Å². The molecule has 2 aromatic heterocycles. The molecule has 3 N–H and O–H groups in total. The molecular formula is C13H10N4O3S. The second-order valence-corrected chi connectivity index (χ2v) is 5.43. The number of aromatic nitrogens is 3. The summed E-state index contributed by atoms with van der Waals surface area (Å²) in [6.45, 7) is 1.80. The van der Waals surface area contributed by atoms with E-state index >= 15 is 0 Å². The highest BCUT2D eigenvalue weighted by molar-refractivity contribution is 7.22. The van der Waals surface area contributed by atoms with Crippen LogP contribution in [0.4, 0.5) is 5.13 Å². The third-order valence-electron chi connectivity index (χ3n) is 2.79. The van der Waals surface area contributed by atoms with Gasteiger partial charge in [-0.25, -0.2) is 9.78 Å². The Morgan fingerprint density at radius 3 is 2.81 bits per heavy atom. The maximum atomic E-state index is 12.0. The van der Waals surface area contributed by atoms with E-state index in [1.807, 2.05) is 0 Å². The number of hydrogen-bond donors (Lipinski definition) is 3. The van der Waals surface area contributed by atoms with Crippen molar-refractivity contribution in [3.8, 4) is 0 Å². The number of H-pyrrole nitrogens is 1. The van der Waals surface area contributed by atoms with Crippen LogP contribution in [-0.2, 0) is 0 Å². The topological polar surface area (TPSA) is 108 Å². The van der Waals surface area contributed by atoms with E-state index in [-0.39, 0.29) is 17.2 Å². The number of nitrogens with one attached hydrogen (secondary N) is 2. The molecule has 0 saturated heterocycles. The fraction of sp³-hybridized carbons (Fsp3) is 0.0769. The van der Waals surface area contributed by atoms with Gasteiger partial charge in [0.1, 0.15) is 0 Å². The number of carbonyl (C=O) groups is 2. The van der Waals surface area contributed by atoms with E-state index < -0.39 is 5.97 Å². The highest BCUT2D eigenvalue weighted by Gasteiger charge is 2.13. The molecule has 8 heteroatoms. The number of aromatic amines is 1. The van der Waals surface area contributed by atoms with Crippen molar-refractivity contribution in [2.45, 2.75) is 6.92 Å². The Balaban J connectivity index is 1.87. The molecule has 0 unspecified atom stereocenters. The number of aryl methyl sites for hydroxylation is 1. The van der Waals surface area contributed by atoms with E-state index in [1.165, 1.54) is 23.5 Å². The summed E-state index contributed by atoms with van der Waals surface area (Å²) in [5.41, 5.74) is 1.89. The van der Waals surface area contributed by atoms with Gasteiger partial charge in [-0.3, -0.25) is 15.2 Å². The minimum Gasteiger partial charge on any atom is -0.478 e. The van der Waals surface area contributed by atoms with Gasteiger partial charge < -0.3 is 5.11 Å². The Hall–Kier alpha value is -2.74. The van der Waals surface area contributed by atoms with Crippen LogP contribution < -0.4 is 5.32 Å². The number of fused-ring (bicyclic) bond motifs is 1. The summed E-state index contributed by atoms with van der Waals surface area (Å²) >= 11 is 1.21. The van der Waals surface area contributed by atoms with Crippen molar-refractivity contribution in [3.05, 3.63) is 41.2 Å². The predicted octanol–water partition coefficient (Wildman–Crippen LogP) is 2.28. The van der Waals surface area contributed by atoms with Crippen LogP contribution in [-0.4, -0.2) is 32.2 Å². The zero-order chi connectivity index (χ0) is 15.0. The quantitative estimate of drug-likeness (QED) is 0.688. The largest absolute Gasteiger partial charge is 0.478 e. The molecule has 0 aliphatic heterocycles. The lowest BCUT2D eigenvalue weighted by Crippen LogP contribution is -2.11. The van der Waals surface area contributed by atoms with Crippen molar-refractivity contribution in [1.82, 2.24) is 15.2 Å². The molecule has 7 nitrogen and oxygen atoms in total. The molecule has 0 aliphatic rings. The lowest BCUT2D eigenvalue weighted by Gasteiger charge is -1.95. The second-order valence-electron chi connectivity index (χ2n) is 4.40. The van der Waals surface area contributed by atoms with Gasteiger partial charge in [-0.1, -0.05) is 11.3 Å². The van der Waals surface area contributed by atoms with E-state index in [9.17, 15) is 9.59 Å². The van der Waals surface area contributed by atoms with Crippen LogP contribution in [0, 0.1) is 6.92 Å². The van der Waals surface area contributed by atoms with Crippen molar-refractivity contribution >= 4 is 38.6 Å². The predicted molar refractivity (Wildman–Crippen MR) is 77.9 cm³/mol. The minimum atomic E-state index is -0.997. The maximum absolute atomic E-state index is 12.0. The number of benzene rings is 1. The first-order chi connectivity index (χ1) is 10.0. The molecular weight excluding hydrogens is 292 g/mol. The van der Waals surface area contributed by atoms with Gasteiger partial charge >= 0.3 is 5.97 Å². The van der Waals surface area contributed by atoms with Crippen LogP contribution in [0.25, 0.3) is 10.2 Å². The van der Waals surface area contributed by atoms with Gasteiger partial charge in [0.05, 0.1) is 15.8 Å². The fourth-order valence-electron chi connectivity index (χ4n) is 1.81. The van der Waals surface area contributed by atoms with Crippen LogP contribution in [0.3, 0.4) is 0 Å². The number of hydrogen-bond acceptors (Lipinski definition) is 5. The van der Waals surface area contributed by atoms with Crippen molar-refractivity contribution < 1.29 is 14.7 Å². The molecule has 0 atom stereocenters. The molecule has 3 aromatic rings. The normalized spacial score (nSPS) is 10.7. The van der Waals surface area contributed by atoms with E-state index in [0.29, 0.717) is 15.3 Å². The van der Waals surface area contributed by atoms with Crippen molar-refractivity contribution in [1.29, 1.82) is 0 Å². The Kier molecular flexibility index (Phi) is 3.15. The lowest BCUT2D eigenvalue weighted by molar-refractivity contribution is 0.0697. The third kappa shape index (κ3) is 2.61. The van der Waals surface area contributed by atoms with Gasteiger partial charge in [-0.15, -0.1) is 0 Å². The molecule has 106 valence electrons. The minimum absolute atomic E-state index is 0.187. The summed E-state index contributed by atoms with van der Waals surface area (Å²) in [4.78, 5) is 27.1. The average molecular weight is 302 g/mol. The zero-order valence-electron chi connectivity index (χ0n) is 10.9. The smallest absolute Gasteiger partial charge is 0.335 e. The fourth-order valence-corrected chi connectivity index (χ4v) is 2.71. The molecule has 0 spiro atoms. The van der Waals surface area contributed by atoms with Gasteiger partial charge in [0.2, 0.25) is 0 Å². The number of carboxylic acid groups (broad SMARTS) is 1. The van der Waals surface area contributed by atoms with Crippen LogP contribution >= 0.6 is 11.3 Å². The summed E-state index contributed by atoms with van der Waals surface area (Å²) in [5.74, 6) is -1.36. The molecule has 0 aliphatic carbocycles. The van der Waals surface area contributed by atoms with Crippen molar-refractivity contribution in [2.24, 2.45) is 0 Å². The number of carbonyl (C=O) groups excluding carboxylic acids is 1. The van der Waals surface area contributed by atoms with E-state index in [4.69, 9.17) is 5.11 Å². The van der Waals surface area contributed by atoms with Crippen molar-refractivity contribution in [3.63, 3.8) is 0 Å². The van der Waals surface area contributed by atoms with Crippen molar-refractivity contribution in [2.75, 3.05) is 5.32 Å². The highest BCUT2D eigenvalue weighted by Crippen LogP contribution is 2.27. The van der Waals surface area contributed by atoms with Gasteiger partial charge in [0.25, 0.3) is 5.91 Å². The highest BCUT2D eigenvalue weighted by atomic mass is 32.1. The first-order valence-corrected chi connectivity index (χ1v) is 6.82. The standard InChI is InChI=1S/C13H10N4O3S/c1-6-4-9(17-16-6)11(18)15-13-14-8-3-2-7(12(19)20)5-10(8)21-13/h2-5H,1H3,(H,16,17)(H,19,20)(H,14,15,18). The number of amides is 1. The second kappa shape index (κ2) is 4.98. The van der Waals surface area contributed by atoms with E-state index in [2.05, 4.69) is 20.5 Å². The van der Waals surface area contributed by atoms with Crippen LogP contribution in [0.1, 0.15) is 26.5 Å². The molecule has 21 heavy (non-hydrogen) atoms. The molecule has 0 radical (unpaired) electrons. The van der Waals surface area contributed by atoms with Gasteiger partial charge in [-0.2, -0.15) is 5.10 Å². The van der Waals surface area contributed by atoms with E-state index in [0.717, 1.165) is 5.69 Å². The van der Waals surface area contributed by atoms with Crippen LogP contribution in [0.15, 0.2) is 24.3 Å². The lowest BCUT2D eigenvalue weighted by atomic mass is 10.2. The van der Waals surface area contributed by atoms with E-state index in [1.54, 1.807) is 19.1 Å². The third-order valence-corrected chi connectivity index (χ3v) is 3.73. The molecule has 2 heterocycles.